The van der Waals surface area contributed by atoms with Gasteiger partial charge in [0.05, 0.1) is 21.0 Å². The van der Waals surface area contributed by atoms with E-state index < -0.39 is 38.5 Å². The van der Waals surface area contributed by atoms with E-state index in [4.69, 9.17) is 5.26 Å². The van der Waals surface area contributed by atoms with Crippen LogP contribution in [0.5, 0.6) is 0 Å². The highest BCUT2D eigenvalue weighted by molar-refractivity contribution is 5.76. The van der Waals surface area contributed by atoms with Gasteiger partial charge in [-0.1, -0.05) is 12.1 Å². The van der Waals surface area contributed by atoms with Gasteiger partial charge in [-0.3, -0.25) is 20.2 Å². The van der Waals surface area contributed by atoms with Crippen LogP contribution >= 0.6 is 0 Å². The van der Waals surface area contributed by atoms with Crippen molar-refractivity contribution in [3.8, 4) is 17.2 Å². The number of hydrogen-bond acceptors (Lipinski definition) is 5. The smallest absolute Gasteiger partial charge is 0.258 e. The van der Waals surface area contributed by atoms with E-state index in [1.807, 2.05) is 0 Å². The molecule has 0 spiro atoms. The van der Waals surface area contributed by atoms with E-state index in [1.54, 1.807) is 0 Å². The molecular formula is C14H6F3N3O4. The summed E-state index contributed by atoms with van der Waals surface area (Å²) in [6.07, 6.45) is -4.78. The fraction of sp³-hybridized carbons (Fsp3) is 0.0714. The molecule has 24 heavy (non-hydrogen) atoms. The number of hydrogen-bond donors (Lipinski definition) is 0. The number of rotatable bonds is 3. The first-order chi connectivity index (χ1) is 11.2. The number of halogens is 3. The molecule has 0 saturated heterocycles. The number of nitro benzene ring substituents is 2. The molecule has 0 aliphatic heterocycles. The molecule has 0 amide bonds. The van der Waals surface area contributed by atoms with Crippen molar-refractivity contribution in [2.75, 3.05) is 0 Å². The average Bonchev–Trinajstić information content (AvgIpc) is 2.52. The van der Waals surface area contributed by atoms with Crippen LogP contribution in [0.25, 0.3) is 11.1 Å². The zero-order chi connectivity index (χ0) is 18.1. The number of nitriles is 1. The van der Waals surface area contributed by atoms with Crippen molar-refractivity contribution in [2.24, 2.45) is 0 Å². The van der Waals surface area contributed by atoms with E-state index in [1.165, 1.54) is 12.1 Å². The van der Waals surface area contributed by atoms with E-state index >= 15 is 0 Å². The summed E-state index contributed by atoms with van der Waals surface area (Å²) in [4.78, 5) is 19.7. The highest BCUT2D eigenvalue weighted by Crippen LogP contribution is 2.38. The van der Waals surface area contributed by atoms with Gasteiger partial charge in [-0.05, 0) is 17.7 Å². The Kier molecular flexibility index (Phi) is 4.19. The highest BCUT2D eigenvalue weighted by Gasteiger charge is 2.35. The lowest BCUT2D eigenvalue weighted by Crippen LogP contribution is -2.08. The first kappa shape index (κ1) is 16.9. The minimum Gasteiger partial charge on any atom is -0.258 e. The number of nitro groups is 2. The monoisotopic (exact) mass is 337 g/mol. The SMILES string of the molecule is N#Cc1c(-c2ccc([N+](=O)[O-])c([N+](=O)[O-])c2)cccc1C(F)(F)F. The van der Waals surface area contributed by atoms with Gasteiger partial charge in [-0.25, -0.2) is 0 Å². The molecule has 0 bridgehead atoms. The van der Waals surface area contributed by atoms with Crippen LogP contribution in [-0.4, -0.2) is 9.85 Å². The Morgan fingerprint density at radius 1 is 1.00 bits per heavy atom. The molecule has 0 fully saturated rings. The van der Waals surface area contributed by atoms with Gasteiger partial charge in [-0.15, -0.1) is 0 Å². The summed E-state index contributed by atoms with van der Waals surface area (Å²) in [5, 5.41) is 30.8. The van der Waals surface area contributed by atoms with E-state index in [0.29, 0.717) is 6.07 Å². The van der Waals surface area contributed by atoms with Crippen LogP contribution in [0.4, 0.5) is 24.5 Å². The lowest BCUT2D eigenvalue weighted by Gasteiger charge is -2.12. The van der Waals surface area contributed by atoms with Crippen LogP contribution in [0.1, 0.15) is 11.1 Å². The summed E-state index contributed by atoms with van der Waals surface area (Å²) in [5.74, 6) is 0. The van der Waals surface area contributed by atoms with E-state index in [2.05, 4.69) is 0 Å². The van der Waals surface area contributed by atoms with Crippen LogP contribution in [0.2, 0.25) is 0 Å². The third kappa shape index (κ3) is 3.00. The molecule has 0 heterocycles. The zero-order valence-corrected chi connectivity index (χ0v) is 11.6. The van der Waals surface area contributed by atoms with Crippen molar-refractivity contribution >= 4 is 11.4 Å². The van der Waals surface area contributed by atoms with Gasteiger partial charge in [0.25, 0.3) is 0 Å². The van der Waals surface area contributed by atoms with Crippen molar-refractivity contribution in [2.45, 2.75) is 6.18 Å². The van der Waals surface area contributed by atoms with Gasteiger partial charge in [0.15, 0.2) is 0 Å². The second kappa shape index (κ2) is 5.96. The quantitative estimate of drug-likeness (QED) is 0.619. The second-order valence-electron chi connectivity index (χ2n) is 4.56. The normalized spacial score (nSPS) is 10.9. The number of benzene rings is 2. The van der Waals surface area contributed by atoms with Gasteiger partial charge >= 0.3 is 17.6 Å². The molecular weight excluding hydrogens is 331 g/mol. The molecule has 0 N–H and O–H groups in total. The van der Waals surface area contributed by atoms with E-state index in [9.17, 15) is 33.4 Å². The lowest BCUT2D eigenvalue weighted by atomic mass is 9.95. The average molecular weight is 337 g/mol. The standard InChI is InChI=1S/C14H6F3N3O4/c15-14(16,17)11-3-1-2-9(10(11)7-18)8-4-5-12(19(21)22)13(6-8)20(23)24/h1-6H. The predicted molar refractivity (Wildman–Crippen MR) is 74.9 cm³/mol. The van der Waals surface area contributed by atoms with Gasteiger partial charge < -0.3 is 0 Å². The Hall–Kier alpha value is -3.48. The van der Waals surface area contributed by atoms with Crippen molar-refractivity contribution in [3.63, 3.8) is 0 Å². The van der Waals surface area contributed by atoms with Crippen LogP contribution in [0, 0.1) is 31.6 Å². The maximum absolute atomic E-state index is 13.0. The molecule has 0 aliphatic carbocycles. The van der Waals surface area contributed by atoms with Crippen molar-refractivity contribution < 1.29 is 23.0 Å². The summed E-state index contributed by atoms with van der Waals surface area (Å²) >= 11 is 0. The molecule has 7 nitrogen and oxygen atoms in total. The molecule has 10 heteroatoms. The minimum absolute atomic E-state index is 0.102. The first-order valence-corrected chi connectivity index (χ1v) is 6.20. The minimum atomic E-state index is -4.78. The largest absolute Gasteiger partial charge is 0.417 e. The van der Waals surface area contributed by atoms with E-state index in [-0.39, 0.29) is 11.1 Å². The maximum atomic E-state index is 13.0. The summed E-state index contributed by atoms with van der Waals surface area (Å²) in [6.45, 7) is 0. The Balaban J connectivity index is 2.74. The highest BCUT2D eigenvalue weighted by atomic mass is 19.4. The Morgan fingerprint density at radius 3 is 2.12 bits per heavy atom. The fourth-order valence-electron chi connectivity index (χ4n) is 2.14. The number of nitrogens with zero attached hydrogens (tertiary/aromatic N) is 3. The van der Waals surface area contributed by atoms with Crippen molar-refractivity contribution in [1.29, 1.82) is 5.26 Å². The molecule has 0 radical (unpaired) electrons. The van der Waals surface area contributed by atoms with Crippen LogP contribution in [0.15, 0.2) is 36.4 Å². The summed E-state index contributed by atoms with van der Waals surface area (Å²) in [7, 11) is 0. The summed E-state index contributed by atoms with van der Waals surface area (Å²) in [5.41, 5.74) is -3.88. The Labute approximate surface area is 131 Å². The topological polar surface area (TPSA) is 110 Å². The summed E-state index contributed by atoms with van der Waals surface area (Å²) in [6, 6.07) is 7.01. The lowest BCUT2D eigenvalue weighted by molar-refractivity contribution is -0.422. The molecule has 0 saturated carbocycles. The van der Waals surface area contributed by atoms with E-state index in [0.717, 1.165) is 24.3 Å². The van der Waals surface area contributed by atoms with Gasteiger partial charge in [-0.2, -0.15) is 18.4 Å². The Bertz CT molecular complexity index is 888. The van der Waals surface area contributed by atoms with Crippen molar-refractivity contribution in [1.82, 2.24) is 0 Å². The number of alkyl halides is 3. The third-order valence-corrected chi connectivity index (χ3v) is 3.16. The Morgan fingerprint density at radius 2 is 1.62 bits per heavy atom. The van der Waals surface area contributed by atoms with Crippen LogP contribution in [0.3, 0.4) is 0 Å². The van der Waals surface area contributed by atoms with Gasteiger partial charge in [0, 0.05) is 17.7 Å². The molecule has 2 aromatic rings. The van der Waals surface area contributed by atoms with Crippen molar-refractivity contribution in [3.05, 3.63) is 67.8 Å². The second-order valence-corrected chi connectivity index (χ2v) is 4.56. The predicted octanol–water partition coefficient (Wildman–Crippen LogP) is 4.06. The summed E-state index contributed by atoms with van der Waals surface area (Å²) < 4.78 is 38.9. The maximum Gasteiger partial charge on any atom is 0.417 e. The molecule has 2 rings (SSSR count). The zero-order valence-electron chi connectivity index (χ0n) is 11.6. The van der Waals surface area contributed by atoms with Crippen LogP contribution < -0.4 is 0 Å². The van der Waals surface area contributed by atoms with Gasteiger partial charge in [0.2, 0.25) is 0 Å². The third-order valence-electron chi connectivity index (χ3n) is 3.16. The molecule has 0 atom stereocenters. The fourth-order valence-corrected chi connectivity index (χ4v) is 2.14. The van der Waals surface area contributed by atoms with Gasteiger partial charge in [0.1, 0.15) is 6.07 Å². The molecule has 2 aromatic carbocycles. The van der Waals surface area contributed by atoms with Crippen LogP contribution in [-0.2, 0) is 6.18 Å². The molecule has 122 valence electrons. The molecule has 0 aliphatic rings. The molecule has 0 unspecified atom stereocenters. The molecule has 0 aromatic heterocycles. The first-order valence-electron chi connectivity index (χ1n) is 6.20.